The molecule has 2 aromatic heterocycles. The van der Waals surface area contributed by atoms with Gasteiger partial charge in [0.1, 0.15) is 17.3 Å². The van der Waals surface area contributed by atoms with Crippen molar-refractivity contribution in [3.8, 4) is 5.75 Å². The zero-order valence-corrected chi connectivity index (χ0v) is 15.7. The Labute approximate surface area is 166 Å². The maximum Gasteiger partial charge on any atom is 0.272 e. The largest absolute Gasteiger partial charge is 0.505 e. The summed E-state index contributed by atoms with van der Waals surface area (Å²) in [6, 6.07) is 19.0. The molecule has 0 bridgehead atoms. The minimum Gasteiger partial charge on any atom is -0.505 e. The molecule has 0 aliphatic rings. The lowest BCUT2D eigenvalue weighted by Gasteiger charge is -2.17. The number of phenolic OH excluding ortho intramolecular Hbond substituents is 1. The van der Waals surface area contributed by atoms with E-state index in [1.165, 1.54) is 12.1 Å². The van der Waals surface area contributed by atoms with E-state index in [-0.39, 0.29) is 11.4 Å². The second-order valence-corrected chi connectivity index (χ2v) is 6.73. The highest BCUT2D eigenvalue weighted by atomic mass is 16.6. The quantitative estimate of drug-likeness (QED) is 0.395. The minimum atomic E-state index is -0.443. The Morgan fingerprint density at radius 2 is 1.83 bits per heavy atom. The monoisotopic (exact) mass is 387 g/mol. The maximum atomic E-state index is 11.0. The first-order valence-corrected chi connectivity index (χ1v) is 9.10. The van der Waals surface area contributed by atoms with E-state index in [4.69, 9.17) is 0 Å². The summed E-state index contributed by atoms with van der Waals surface area (Å²) in [5.74, 6) is 0.825. The first-order chi connectivity index (χ1) is 14.0. The number of nitro groups is 1. The highest BCUT2D eigenvalue weighted by molar-refractivity contribution is 5.86. The standard InChI is InChI=1S/C22H18N4O3/c1-14-5-6-16-9-12-18(22(27)21(16)24-14)20(25-19-4-2-3-13-23-19)15-7-10-17(11-8-15)26(28)29/h2-13,20,27H,1H3,(H,23,25)/p+1/t20-/m0/s1. The molecule has 2 aromatic carbocycles. The van der Waals surface area contributed by atoms with E-state index in [9.17, 15) is 15.2 Å². The first-order valence-electron chi connectivity index (χ1n) is 9.10. The van der Waals surface area contributed by atoms with Crippen LogP contribution in [0.1, 0.15) is 22.9 Å². The topological polar surface area (TPSA) is 102 Å². The molecular weight excluding hydrogens is 368 g/mol. The number of H-pyrrole nitrogens is 1. The second kappa shape index (κ2) is 7.55. The number of hydrogen-bond acceptors (Lipinski definition) is 5. The highest BCUT2D eigenvalue weighted by Crippen LogP contribution is 2.36. The zero-order chi connectivity index (χ0) is 20.4. The number of aromatic amines is 1. The number of nitrogens with zero attached hydrogens (tertiary/aromatic N) is 2. The third kappa shape index (κ3) is 3.70. The molecule has 0 unspecified atom stereocenters. The molecule has 2 heterocycles. The van der Waals surface area contributed by atoms with Gasteiger partial charge in [-0.2, -0.15) is 0 Å². The molecule has 0 saturated heterocycles. The molecule has 144 valence electrons. The van der Waals surface area contributed by atoms with Crippen molar-refractivity contribution in [1.82, 2.24) is 4.98 Å². The van der Waals surface area contributed by atoms with Crippen molar-refractivity contribution in [2.45, 2.75) is 13.0 Å². The van der Waals surface area contributed by atoms with Crippen LogP contribution in [0, 0.1) is 17.0 Å². The van der Waals surface area contributed by atoms with Crippen molar-refractivity contribution in [3.05, 3.63) is 99.9 Å². The third-order valence-electron chi connectivity index (χ3n) is 4.76. The number of anilines is 1. The summed E-state index contributed by atoms with van der Waals surface area (Å²) in [4.78, 5) is 18.2. The van der Waals surface area contributed by atoms with E-state index in [1.54, 1.807) is 18.3 Å². The van der Waals surface area contributed by atoms with E-state index in [2.05, 4.69) is 15.3 Å². The number of nitro benzene ring substituents is 1. The van der Waals surface area contributed by atoms with Crippen LogP contribution >= 0.6 is 0 Å². The fraction of sp³-hybridized carbons (Fsp3) is 0.0909. The molecule has 0 saturated carbocycles. The van der Waals surface area contributed by atoms with E-state index in [0.29, 0.717) is 11.1 Å². The van der Waals surface area contributed by atoms with Gasteiger partial charge >= 0.3 is 0 Å². The minimum absolute atomic E-state index is 0.0128. The van der Waals surface area contributed by atoms with Gasteiger partial charge in [0.05, 0.1) is 11.1 Å². The molecule has 29 heavy (non-hydrogen) atoms. The Bertz CT molecular complexity index is 1180. The number of nitrogens with one attached hydrogen (secondary N) is 2. The van der Waals surface area contributed by atoms with Gasteiger partial charge in [0.15, 0.2) is 0 Å². The zero-order valence-electron chi connectivity index (χ0n) is 15.7. The van der Waals surface area contributed by atoms with Crippen LogP contribution in [-0.2, 0) is 0 Å². The number of benzene rings is 2. The number of fused-ring (bicyclic) bond motifs is 1. The van der Waals surface area contributed by atoms with Crippen molar-refractivity contribution < 1.29 is 15.0 Å². The summed E-state index contributed by atoms with van der Waals surface area (Å²) in [6.07, 6.45) is 1.79. The summed E-state index contributed by atoms with van der Waals surface area (Å²) >= 11 is 0. The number of aromatic nitrogens is 2. The van der Waals surface area contributed by atoms with Crippen LogP contribution in [0.25, 0.3) is 10.9 Å². The summed E-state index contributed by atoms with van der Waals surface area (Å²) in [6.45, 7) is 1.87. The van der Waals surface area contributed by atoms with Gasteiger partial charge in [-0.3, -0.25) is 15.4 Å². The van der Waals surface area contributed by atoms with Crippen molar-refractivity contribution in [2.24, 2.45) is 0 Å². The Kier molecular flexibility index (Phi) is 4.78. The number of hydrogen-bond donors (Lipinski definition) is 2. The molecular formula is C22H19N4O3+. The molecule has 7 heteroatoms. The highest BCUT2D eigenvalue weighted by Gasteiger charge is 2.25. The fourth-order valence-corrected chi connectivity index (χ4v) is 3.29. The molecule has 0 radical (unpaired) electrons. The Morgan fingerprint density at radius 3 is 2.52 bits per heavy atom. The number of non-ortho nitro benzene ring substituents is 1. The van der Waals surface area contributed by atoms with E-state index >= 15 is 0 Å². The molecule has 0 aliphatic heterocycles. The van der Waals surface area contributed by atoms with Gasteiger partial charge in [-0.1, -0.05) is 18.2 Å². The first kappa shape index (κ1) is 18.4. The smallest absolute Gasteiger partial charge is 0.272 e. The number of aryl methyl sites for hydroxylation is 1. The Hall–Kier alpha value is -4.00. The maximum absolute atomic E-state index is 11.0. The summed E-state index contributed by atoms with van der Waals surface area (Å²) in [7, 11) is 0. The van der Waals surface area contributed by atoms with Gasteiger partial charge in [-0.25, -0.2) is 9.97 Å². The Balaban J connectivity index is 1.84. The number of rotatable bonds is 5. The summed E-state index contributed by atoms with van der Waals surface area (Å²) < 4.78 is 0. The van der Waals surface area contributed by atoms with Gasteiger partial charge in [0.2, 0.25) is 0 Å². The van der Waals surface area contributed by atoms with Crippen LogP contribution in [-0.4, -0.2) is 15.0 Å². The predicted molar refractivity (Wildman–Crippen MR) is 110 cm³/mol. The normalized spacial score (nSPS) is 11.9. The van der Waals surface area contributed by atoms with Crippen molar-refractivity contribution in [1.29, 1.82) is 0 Å². The number of aromatic hydroxyl groups is 1. The van der Waals surface area contributed by atoms with Crippen LogP contribution in [0.4, 0.5) is 11.5 Å². The Morgan fingerprint density at radius 1 is 1.07 bits per heavy atom. The van der Waals surface area contributed by atoms with Gasteiger partial charge in [-0.15, -0.1) is 0 Å². The van der Waals surface area contributed by atoms with Gasteiger partial charge in [0.25, 0.3) is 11.5 Å². The van der Waals surface area contributed by atoms with Crippen LogP contribution in [0.3, 0.4) is 0 Å². The van der Waals surface area contributed by atoms with Crippen LogP contribution in [0.2, 0.25) is 0 Å². The van der Waals surface area contributed by atoms with Crippen molar-refractivity contribution in [2.75, 3.05) is 5.32 Å². The van der Waals surface area contributed by atoms with Crippen LogP contribution in [0.5, 0.6) is 5.75 Å². The fourth-order valence-electron chi connectivity index (χ4n) is 3.29. The lowest BCUT2D eigenvalue weighted by Crippen LogP contribution is -2.19. The van der Waals surface area contributed by atoms with Crippen LogP contribution in [0.15, 0.2) is 72.9 Å². The third-order valence-corrected chi connectivity index (χ3v) is 4.76. The molecule has 4 aromatic rings. The number of phenols is 1. The predicted octanol–water partition coefficient (Wildman–Crippen LogP) is 4.17. The number of pyridine rings is 2. The summed E-state index contributed by atoms with van der Waals surface area (Å²) in [5, 5.41) is 26.2. The molecule has 1 atom stereocenters. The molecule has 0 amide bonds. The average molecular weight is 387 g/mol. The molecule has 0 spiro atoms. The van der Waals surface area contributed by atoms with Crippen molar-refractivity contribution >= 4 is 22.4 Å². The molecule has 0 fully saturated rings. The second-order valence-electron chi connectivity index (χ2n) is 6.73. The lowest BCUT2D eigenvalue weighted by atomic mass is 9.96. The molecule has 4 rings (SSSR count). The van der Waals surface area contributed by atoms with Gasteiger partial charge < -0.3 is 5.11 Å². The lowest BCUT2D eigenvalue weighted by molar-refractivity contribution is -0.384. The van der Waals surface area contributed by atoms with Gasteiger partial charge in [0, 0.05) is 40.4 Å². The van der Waals surface area contributed by atoms with Crippen LogP contribution < -0.4 is 10.3 Å². The van der Waals surface area contributed by atoms with E-state index in [0.717, 1.165) is 22.5 Å². The van der Waals surface area contributed by atoms with E-state index < -0.39 is 11.0 Å². The molecule has 0 aliphatic carbocycles. The molecule has 3 N–H and O–H groups in total. The van der Waals surface area contributed by atoms with E-state index in [1.807, 2.05) is 49.4 Å². The summed E-state index contributed by atoms with van der Waals surface area (Å²) in [5.41, 5.74) is 2.74. The van der Waals surface area contributed by atoms with Gasteiger partial charge in [-0.05, 0) is 37.3 Å². The average Bonchev–Trinajstić information content (AvgIpc) is 2.74. The molecule has 7 nitrogen and oxygen atoms in total. The van der Waals surface area contributed by atoms with Crippen molar-refractivity contribution in [3.63, 3.8) is 0 Å². The SMILES string of the molecule is Cc1ccc2ccc([C@@H](Nc3cccc[nH+]3)c3ccc([N+](=O)[O-])cc3)c(O)c2n1.